The van der Waals surface area contributed by atoms with E-state index in [4.69, 9.17) is 9.15 Å². The minimum Gasteiger partial charge on any atom is -0.508 e. The van der Waals surface area contributed by atoms with Crippen LogP contribution in [0.2, 0.25) is 0 Å². The summed E-state index contributed by atoms with van der Waals surface area (Å²) in [6.45, 7) is 5.15. The van der Waals surface area contributed by atoms with Crippen LogP contribution in [-0.4, -0.2) is 32.9 Å². The average Bonchev–Trinajstić information content (AvgIpc) is 3.09. The molecule has 0 fully saturated rings. The number of rotatable bonds is 5. The maximum Gasteiger partial charge on any atom is 0.311 e. The third-order valence-corrected chi connectivity index (χ3v) is 4.41. The first-order valence-corrected chi connectivity index (χ1v) is 8.46. The fraction of sp³-hybridized carbons (Fsp3) is 0.316. The summed E-state index contributed by atoms with van der Waals surface area (Å²) in [6.07, 6.45) is 0.442. The van der Waals surface area contributed by atoms with Crippen molar-refractivity contribution in [2.45, 2.75) is 33.3 Å². The number of fused-ring (bicyclic) bond motifs is 1. The molecule has 2 aromatic heterocycles. The van der Waals surface area contributed by atoms with Crippen LogP contribution in [0.4, 0.5) is 5.69 Å². The third kappa shape index (κ3) is 3.79. The van der Waals surface area contributed by atoms with Gasteiger partial charge in [-0.05, 0) is 32.9 Å². The lowest BCUT2D eigenvalue weighted by Crippen LogP contribution is -2.30. The highest BCUT2D eigenvalue weighted by molar-refractivity contribution is 5.96. The van der Waals surface area contributed by atoms with Gasteiger partial charge in [0.2, 0.25) is 0 Å². The SMILES string of the molecule is Cc1nn(C)c(C)c1NC(=O)[C@@H](C)OC(=O)Cc1coc2cc(O)ccc12. The van der Waals surface area contributed by atoms with Crippen LogP contribution in [-0.2, 0) is 27.8 Å². The van der Waals surface area contributed by atoms with E-state index in [0.29, 0.717) is 27.9 Å². The zero-order valence-electron chi connectivity index (χ0n) is 15.6. The molecule has 3 aromatic rings. The van der Waals surface area contributed by atoms with Crippen molar-refractivity contribution >= 4 is 28.5 Å². The van der Waals surface area contributed by atoms with Gasteiger partial charge in [0.05, 0.1) is 29.8 Å². The zero-order chi connectivity index (χ0) is 19.7. The van der Waals surface area contributed by atoms with Gasteiger partial charge in [0.15, 0.2) is 6.10 Å². The maximum absolute atomic E-state index is 12.3. The Bertz CT molecular complexity index is 1020. The Kier molecular flexibility index (Phi) is 4.89. The van der Waals surface area contributed by atoms with Gasteiger partial charge in [-0.1, -0.05) is 0 Å². The molecule has 0 bridgehead atoms. The number of aromatic hydroxyl groups is 1. The van der Waals surface area contributed by atoms with Gasteiger partial charge in [0, 0.05) is 24.1 Å². The van der Waals surface area contributed by atoms with Crippen LogP contribution in [0.5, 0.6) is 5.75 Å². The van der Waals surface area contributed by atoms with Crippen molar-refractivity contribution in [1.29, 1.82) is 0 Å². The number of phenolic OH excluding ortho intramolecular Hbond substituents is 1. The number of anilines is 1. The van der Waals surface area contributed by atoms with E-state index in [9.17, 15) is 14.7 Å². The van der Waals surface area contributed by atoms with Crippen molar-refractivity contribution < 1.29 is 23.8 Å². The largest absolute Gasteiger partial charge is 0.508 e. The number of ether oxygens (including phenoxy) is 1. The number of benzene rings is 1. The minimum atomic E-state index is -0.960. The second-order valence-corrected chi connectivity index (χ2v) is 6.41. The first-order valence-electron chi connectivity index (χ1n) is 8.46. The van der Waals surface area contributed by atoms with E-state index in [1.807, 2.05) is 6.92 Å². The number of esters is 1. The molecule has 0 unspecified atom stereocenters. The van der Waals surface area contributed by atoms with Crippen LogP contribution in [0.25, 0.3) is 11.0 Å². The van der Waals surface area contributed by atoms with Gasteiger partial charge in [0.25, 0.3) is 5.91 Å². The Hall–Kier alpha value is -3.29. The van der Waals surface area contributed by atoms with Crippen LogP contribution >= 0.6 is 0 Å². The van der Waals surface area contributed by atoms with Crippen molar-refractivity contribution in [2.24, 2.45) is 7.05 Å². The number of hydrogen-bond acceptors (Lipinski definition) is 6. The van der Waals surface area contributed by atoms with Gasteiger partial charge in [0.1, 0.15) is 11.3 Å². The Morgan fingerprint density at radius 1 is 1.37 bits per heavy atom. The van der Waals surface area contributed by atoms with Crippen LogP contribution < -0.4 is 5.32 Å². The van der Waals surface area contributed by atoms with Crippen LogP contribution in [0, 0.1) is 13.8 Å². The quantitative estimate of drug-likeness (QED) is 0.668. The number of aromatic nitrogens is 2. The van der Waals surface area contributed by atoms with Gasteiger partial charge in [-0.3, -0.25) is 14.3 Å². The molecule has 0 aliphatic carbocycles. The van der Waals surface area contributed by atoms with Gasteiger partial charge < -0.3 is 19.6 Å². The molecule has 8 heteroatoms. The van der Waals surface area contributed by atoms with Crippen LogP contribution in [0.15, 0.2) is 28.9 Å². The fourth-order valence-electron chi connectivity index (χ4n) is 2.84. The van der Waals surface area contributed by atoms with Gasteiger partial charge in [-0.25, -0.2) is 0 Å². The number of carbonyl (C=O) groups excluding carboxylic acids is 2. The molecule has 1 atom stereocenters. The summed E-state index contributed by atoms with van der Waals surface area (Å²) < 4.78 is 12.3. The van der Waals surface area contributed by atoms with E-state index in [0.717, 1.165) is 5.69 Å². The number of phenols is 1. The van der Waals surface area contributed by atoms with E-state index in [-0.39, 0.29) is 12.2 Å². The predicted octanol–water partition coefficient (Wildman–Crippen LogP) is 2.60. The molecular weight excluding hydrogens is 350 g/mol. The Labute approximate surface area is 155 Å². The number of carbonyl (C=O) groups is 2. The van der Waals surface area contributed by atoms with Crippen molar-refractivity contribution in [2.75, 3.05) is 5.32 Å². The standard InChI is InChI=1S/C19H21N3O5/c1-10-18(11(2)22(4)21-10)20-19(25)12(3)27-17(24)7-13-9-26-16-8-14(23)5-6-15(13)16/h5-6,8-9,12,23H,7H2,1-4H3,(H,20,25)/t12-/m1/s1. The minimum absolute atomic E-state index is 0.0413. The molecule has 0 aliphatic heterocycles. The molecule has 0 saturated carbocycles. The summed E-state index contributed by atoms with van der Waals surface area (Å²) in [7, 11) is 1.79. The van der Waals surface area contributed by atoms with E-state index in [2.05, 4.69) is 10.4 Å². The Balaban J connectivity index is 1.63. The molecule has 3 rings (SSSR count). The van der Waals surface area contributed by atoms with Crippen molar-refractivity contribution in [1.82, 2.24) is 9.78 Å². The lowest BCUT2D eigenvalue weighted by atomic mass is 10.1. The highest BCUT2D eigenvalue weighted by atomic mass is 16.5. The summed E-state index contributed by atoms with van der Waals surface area (Å²) in [6, 6.07) is 4.65. The summed E-state index contributed by atoms with van der Waals surface area (Å²) >= 11 is 0. The highest BCUT2D eigenvalue weighted by Gasteiger charge is 2.22. The van der Waals surface area contributed by atoms with Crippen molar-refractivity contribution in [3.8, 4) is 5.75 Å². The van der Waals surface area contributed by atoms with E-state index >= 15 is 0 Å². The lowest BCUT2D eigenvalue weighted by molar-refractivity contribution is -0.152. The average molecular weight is 371 g/mol. The highest BCUT2D eigenvalue weighted by Crippen LogP contribution is 2.25. The van der Waals surface area contributed by atoms with E-state index in [1.165, 1.54) is 25.3 Å². The molecule has 0 spiro atoms. The predicted molar refractivity (Wildman–Crippen MR) is 98.4 cm³/mol. The molecule has 1 aromatic carbocycles. The topological polar surface area (TPSA) is 107 Å². The molecule has 1 amide bonds. The second kappa shape index (κ2) is 7.14. The molecule has 0 aliphatic rings. The molecule has 0 radical (unpaired) electrons. The molecule has 0 saturated heterocycles. The molecule has 8 nitrogen and oxygen atoms in total. The smallest absolute Gasteiger partial charge is 0.311 e. The van der Waals surface area contributed by atoms with Crippen molar-refractivity contribution in [3.63, 3.8) is 0 Å². The van der Waals surface area contributed by atoms with E-state index in [1.54, 1.807) is 24.7 Å². The Morgan fingerprint density at radius 2 is 2.11 bits per heavy atom. The Morgan fingerprint density at radius 3 is 2.78 bits per heavy atom. The van der Waals surface area contributed by atoms with Crippen LogP contribution in [0.1, 0.15) is 23.9 Å². The van der Waals surface area contributed by atoms with Gasteiger partial charge >= 0.3 is 5.97 Å². The normalized spacial score (nSPS) is 12.1. The molecule has 2 N–H and O–H groups in total. The fourth-order valence-corrected chi connectivity index (χ4v) is 2.84. The maximum atomic E-state index is 12.3. The van der Waals surface area contributed by atoms with Crippen molar-refractivity contribution in [3.05, 3.63) is 41.4 Å². The molecule has 142 valence electrons. The number of furan rings is 1. The number of hydrogen-bond donors (Lipinski definition) is 2. The molecule has 2 heterocycles. The first kappa shape index (κ1) is 18.5. The second-order valence-electron chi connectivity index (χ2n) is 6.41. The summed E-state index contributed by atoms with van der Waals surface area (Å²) in [5.74, 6) is -0.894. The van der Waals surface area contributed by atoms with Gasteiger partial charge in [-0.2, -0.15) is 5.10 Å². The monoisotopic (exact) mass is 371 g/mol. The summed E-state index contributed by atoms with van der Waals surface area (Å²) in [5, 5.41) is 17.2. The number of nitrogens with one attached hydrogen (secondary N) is 1. The lowest BCUT2D eigenvalue weighted by Gasteiger charge is -2.13. The number of amides is 1. The first-order chi connectivity index (χ1) is 12.8. The summed E-state index contributed by atoms with van der Waals surface area (Å²) in [5.41, 5.74) is 3.22. The molecule has 27 heavy (non-hydrogen) atoms. The summed E-state index contributed by atoms with van der Waals surface area (Å²) in [4.78, 5) is 24.6. The van der Waals surface area contributed by atoms with Gasteiger partial charge in [-0.15, -0.1) is 0 Å². The van der Waals surface area contributed by atoms with E-state index < -0.39 is 18.0 Å². The zero-order valence-corrected chi connectivity index (χ0v) is 15.6. The molecular formula is C19H21N3O5. The van der Waals surface area contributed by atoms with Crippen LogP contribution in [0.3, 0.4) is 0 Å². The third-order valence-electron chi connectivity index (χ3n) is 4.41. The number of nitrogens with zero attached hydrogens (tertiary/aromatic N) is 2. The number of aryl methyl sites for hydroxylation is 2.